The van der Waals surface area contributed by atoms with E-state index >= 15 is 0 Å². The summed E-state index contributed by atoms with van der Waals surface area (Å²) in [7, 11) is 1.56. The molecule has 0 saturated heterocycles. The summed E-state index contributed by atoms with van der Waals surface area (Å²) in [5.41, 5.74) is 3.90. The van der Waals surface area contributed by atoms with E-state index in [1.54, 1.807) is 19.4 Å². The molecule has 6 heteroatoms. The molecule has 6 nitrogen and oxygen atoms in total. The van der Waals surface area contributed by atoms with E-state index in [1.165, 1.54) is 0 Å². The summed E-state index contributed by atoms with van der Waals surface area (Å²) >= 11 is 0. The van der Waals surface area contributed by atoms with Crippen LogP contribution in [0.15, 0.2) is 54.7 Å². The van der Waals surface area contributed by atoms with Gasteiger partial charge in [-0.25, -0.2) is 9.97 Å². The van der Waals surface area contributed by atoms with Gasteiger partial charge in [-0.05, 0) is 49.7 Å². The monoisotopic (exact) mass is 348 g/mol. The van der Waals surface area contributed by atoms with E-state index < -0.39 is 0 Å². The van der Waals surface area contributed by atoms with Crippen molar-refractivity contribution in [3.8, 4) is 5.75 Å². The van der Waals surface area contributed by atoms with Gasteiger partial charge in [0.2, 0.25) is 5.95 Å². The lowest BCUT2D eigenvalue weighted by Crippen LogP contribution is -2.15. The summed E-state index contributed by atoms with van der Waals surface area (Å²) in [5, 5.41) is 5.93. The van der Waals surface area contributed by atoms with E-state index in [1.807, 2.05) is 56.3 Å². The van der Waals surface area contributed by atoms with Crippen molar-refractivity contribution in [1.29, 1.82) is 0 Å². The number of carbonyl (C=O) groups excluding carboxylic acids is 1. The minimum atomic E-state index is -0.330. The van der Waals surface area contributed by atoms with Gasteiger partial charge in [0.1, 0.15) is 11.4 Å². The van der Waals surface area contributed by atoms with E-state index in [0.29, 0.717) is 17.4 Å². The van der Waals surface area contributed by atoms with Crippen molar-refractivity contribution in [2.75, 3.05) is 17.7 Å². The van der Waals surface area contributed by atoms with Crippen molar-refractivity contribution in [3.63, 3.8) is 0 Å². The van der Waals surface area contributed by atoms with Crippen LogP contribution in [0, 0.1) is 13.8 Å². The Kier molecular flexibility index (Phi) is 5.12. The summed E-state index contributed by atoms with van der Waals surface area (Å²) in [6, 6.07) is 15.0. The zero-order valence-corrected chi connectivity index (χ0v) is 14.9. The smallest absolute Gasteiger partial charge is 0.274 e. The number of nitrogens with zero attached hydrogens (tertiary/aromatic N) is 2. The number of nitrogens with one attached hydrogen (secondary N) is 2. The summed E-state index contributed by atoms with van der Waals surface area (Å²) in [5.74, 6) is 0.622. The maximum atomic E-state index is 12.6. The minimum absolute atomic E-state index is 0.262. The quantitative estimate of drug-likeness (QED) is 0.726. The standard InChI is InChI=1S/C20H20N4O2/c1-13-4-7-15(8-5-13)22-20-21-11-10-16(24-20)19(25)23-17-12-14(2)6-9-18(17)26-3/h4-12H,1-3H3,(H,23,25)(H,21,22,24). The Morgan fingerprint density at radius 1 is 1.00 bits per heavy atom. The number of hydrogen-bond acceptors (Lipinski definition) is 5. The molecule has 1 amide bonds. The van der Waals surface area contributed by atoms with Gasteiger partial charge in [0.25, 0.3) is 5.91 Å². The van der Waals surface area contributed by atoms with Crippen molar-refractivity contribution < 1.29 is 9.53 Å². The average Bonchev–Trinajstić information content (AvgIpc) is 2.64. The lowest BCUT2D eigenvalue weighted by Gasteiger charge is -2.11. The minimum Gasteiger partial charge on any atom is -0.495 e. The molecular weight excluding hydrogens is 328 g/mol. The second-order valence-corrected chi connectivity index (χ2v) is 5.91. The number of rotatable bonds is 5. The zero-order valence-electron chi connectivity index (χ0n) is 14.9. The molecular formula is C20H20N4O2. The first kappa shape index (κ1) is 17.4. The number of methoxy groups -OCH3 is 1. The summed E-state index contributed by atoms with van der Waals surface area (Å²) in [6.07, 6.45) is 1.55. The SMILES string of the molecule is COc1ccc(C)cc1NC(=O)c1ccnc(Nc2ccc(C)cc2)n1. The van der Waals surface area contributed by atoms with Crippen LogP contribution in [0.2, 0.25) is 0 Å². The first-order chi connectivity index (χ1) is 12.5. The lowest BCUT2D eigenvalue weighted by molar-refractivity contribution is 0.102. The normalized spacial score (nSPS) is 10.3. The van der Waals surface area contributed by atoms with Crippen LogP contribution in [0.3, 0.4) is 0 Å². The van der Waals surface area contributed by atoms with E-state index in [0.717, 1.165) is 16.8 Å². The first-order valence-corrected chi connectivity index (χ1v) is 8.18. The molecule has 3 aromatic rings. The third kappa shape index (κ3) is 4.16. The Hall–Kier alpha value is -3.41. The third-order valence-electron chi connectivity index (χ3n) is 3.80. The summed E-state index contributed by atoms with van der Waals surface area (Å²) < 4.78 is 5.29. The molecule has 26 heavy (non-hydrogen) atoms. The van der Waals surface area contributed by atoms with Gasteiger partial charge in [0, 0.05) is 11.9 Å². The van der Waals surface area contributed by atoms with Gasteiger partial charge in [0.15, 0.2) is 0 Å². The van der Waals surface area contributed by atoms with Gasteiger partial charge < -0.3 is 15.4 Å². The number of amides is 1. The van der Waals surface area contributed by atoms with Crippen LogP contribution >= 0.6 is 0 Å². The van der Waals surface area contributed by atoms with Crippen LogP contribution in [-0.4, -0.2) is 23.0 Å². The molecule has 0 atom stereocenters. The van der Waals surface area contributed by atoms with Crippen LogP contribution in [0.4, 0.5) is 17.3 Å². The van der Waals surface area contributed by atoms with Gasteiger partial charge in [-0.1, -0.05) is 23.8 Å². The van der Waals surface area contributed by atoms with Crippen molar-refractivity contribution in [2.45, 2.75) is 13.8 Å². The molecule has 2 aromatic carbocycles. The molecule has 0 aliphatic rings. The van der Waals surface area contributed by atoms with Crippen molar-refractivity contribution in [2.24, 2.45) is 0 Å². The van der Waals surface area contributed by atoms with E-state index in [9.17, 15) is 4.79 Å². The summed E-state index contributed by atoms with van der Waals surface area (Å²) in [4.78, 5) is 21.0. The lowest BCUT2D eigenvalue weighted by atomic mass is 10.2. The highest BCUT2D eigenvalue weighted by Crippen LogP contribution is 2.25. The van der Waals surface area contributed by atoms with Crippen LogP contribution in [-0.2, 0) is 0 Å². The highest BCUT2D eigenvalue weighted by atomic mass is 16.5. The van der Waals surface area contributed by atoms with E-state index in [4.69, 9.17) is 4.74 Å². The number of aryl methyl sites for hydroxylation is 2. The second kappa shape index (κ2) is 7.65. The van der Waals surface area contributed by atoms with Crippen LogP contribution < -0.4 is 15.4 Å². The molecule has 0 fully saturated rings. The number of hydrogen-bond donors (Lipinski definition) is 2. The summed E-state index contributed by atoms with van der Waals surface area (Å²) in [6.45, 7) is 3.97. The van der Waals surface area contributed by atoms with E-state index in [-0.39, 0.29) is 11.6 Å². The van der Waals surface area contributed by atoms with Crippen molar-refractivity contribution >= 4 is 23.2 Å². The molecule has 132 valence electrons. The largest absolute Gasteiger partial charge is 0.495 e. The highest BCUT2D eigenvalue weighted by Gasteiger charge is 2.12. The number of aromatic nitrogens is 2. The fourth-order valence-electron chi connectivity index (χ4n) is 2.42. The molecule has 1 heterocycles. The van der Waals surface area contributed by atoms with Gasteiger partial charge in [-0.2, -0.15) is 0 Å². The molecule has 0 bridgehead atoms. The maximum absolute atomic E-state index is 12.6. The van der Waals surface area contributed by atoms with Gasteiger partial charge in [-0.15, -0.1) is 0 Å². The fraction of sp³-hybridized carbons (Fsp3) is 0.150. The predicted octanol–water partition coefficient (Wildman–Crippen LogP) is 4.10. The molecule has 0 aliphatic carbocycles. The molecule has 0 aliphatic heterocycles. The fourth-order valence-corrected chi connectivity index (χ4v) is 2.42. The highest BCUT2D eigenvalue weighted by molar-refractivity contribution is 6.03. The van der Waals surface area contributed by atoms with E-state index in [2.05, 4.69) is 20.6 Å². The predicted molar refractivity (Wildman–Crippen MR) is 102 cm³/mol. The Morgan fingerprint density at radius 3 is 2.46 bits per heavy atom. The van der Waals surface area contributed by atoms with Crippen molar-refractivity contribution in [3.05, 3.63) is 71.5 Å². The second-order valence-electron chi connectivity index (χ2n) is 5.91. The zero-order chi connectivity index (χ0) is 18.5. The molecule has 1 aromatic heterocycles. The molecule has 0 spiro atoms. The first-order valence-electron chi connectivity index (χ1n) is 8.18. The van der Waals surface area contributed by atoms with Crippen molar-refractivity contribution in [1.82, 2.24) is 9.97 Å². The molecule has 3 rings (SSSR count). The maximum Gasteiger partial charge on any atom is 0.274 e. The number of ether oxygens (including phenoxy) is 1. The Balaban J connectivity index is 1.78. The van der Waals surface area contributed by atoms with Crippen LogP contribution in [0.1, 0.15) is 21.6 Å². The number of carbonyl (C=O) groups is 1. The Morgan fingerprint density at radius 2 is 1.73 bits per heavy atom. The van der Waals surface area contributed by atoms with Gasteiger partial charge >= 0.3 is 0 Å². The Labute approximate surface area is 152 Å². The number of anilines is 3. The number of benzene rings is 2. The molecule has 2 N–H and O–H groups in total. The topological polar surface area (TPSA) is 76.1 Å². The molecule has 0 unspecified atom stereocenters. The third-order valence-corrected chi connectivity index (χ3v) is 3.80. The van der Waals surface area contributed by atoms with Crippen LogP contribution in [0.5, 0.6) is 5.75 Å². The van der Waals surface area contributed by atoms with Crippen LogP contribution in [0.25, 0.3) is 0 Å². The average molecular weight is 348 g/mol. The molecule has 0 saturated carbocycles. The van der Waals surface area contributed by atoms with Gasteiger partial charge in [0.05, 0.1) is 12.8 Å². The van der Waals surface area contributed by atoms with Gasteiger partial charge in [-0.3, -0.25) is 4.79 Å². The molecule has 0 radical (unpaired) electrons. The Bertz CT molecular complexity index is 923.